The van der Waals surface area contributed by atoms with Gasteiger partial charge in [0, 0.05) is 12.6 Å². The summed E-state index contributed by atoms with van der Waals surface area (Å²) in [7, 11) is 0. The second-order valence-electron chi connectivity index (χ2n) is 7.58. The number of carbonyl (C=O) groups is 2. The smallest absolute Gasteiger partial charge is 0.410 e. The molecule has 5 heteroatoms. The molecule has 2 amide bonds. The normalized spacial score (nSPS) is 27.0. The first-order valence-corrected chi connectivity index (χ1v) is 10.5. The Morgan fingerprint density at radius 1 is 1.11 bits per heavy atom. The predicted octanol–water partition coefficient (Wildman–Crippen LogP) is 4.21. The summed E-state index contributed by atoms with van der Waals surface area (Å²) >= 11 is 0. The summed E-state index contributed by atoms with van der Waals surface area (Å²) in [4.78, 5) is 28.8. The van der Waals surface area contributed by atoms with Crippen LogP contribution in [0.2, 0.25) is 0 Å². The first-order chi connectivity index (χ1) is 13.2. The van der Waals surface area contributed by atoms with Gasteiger partial charge in [-0.3, -0.25) is 9.69 Å². The molecule has 5 nitrogen and oxygen atoms in total. The van der Waals surface area contributed by atoms with E-state index in [0.717, 1.165) is 18.4 Å². The van der Waals surface area contributed by atoms with E-state index in [9.17, 15) is 9.59 Å². The van der Waals surface area contributed by atoms with Crippen LogP contribution >= 0.6 is 0 Å². The van der Waals surface area contributed by atoms with Crippen LogP contribution in [0.15, 0.2) is 30.3 Å². The number of rotatable bonds is 2. The highest BCUT2D eigenvalue weighted by atomic mass is 16.6. The second kappa shape index (κ2) is 9.25. The fraction of sp³-hybridized carbons (Fsp3) is 0.636. The van der Waals surface area contributed by atoms with E-state index in [4.69, 9.17) is 4.74 Å². The fourth-order valence-electron chi connectivity index (χ4n) is 4.80. The Bertz CT molecular complexity index is 634. The van der Waals surface area contributed by atoms with Gasteiger partial charge in [0.25, 0.3) is 0 Å². The average Bonchev–Trinajstić information content (AvgIpc) is 2.90. The van der Waals surface area contributed by atoms with E-state index in [1.165, 1.54) is 25.7 Å². The van der Waals surface area contributed by atoms with E-state index in [0.29, 0.717) is 18.5 Å². The molecule has 3 atom stereocenters. The van der Waals surface area contributed by atoms with Crippen molar-refractivity contribution in [3.05, 3.63) is 35.9 Å². The number of piperazine rings is 1. The molecule has 1 aromatic rings. The molecule has 27 heavy (non-hydrogen) atoms. The van der Waals surface area contributed by atoms with Gasteiger partial charge in [0.2, 0.25) is 5.91 Å². The van der Waals surface area contributed by atoms with Crippen molar-refractivity contribution in [1.29, 1.82) is 0 Å². The largest absolute Gasteiger partial charge is 0.445 e. The first-order valence-electron chi connectivity index (χ1n) is 10.5. The van der Waals surface area contributed by atoms with Gasteiger partial charge in [-0.05, 0) is 30.7 Å². The summed E-state index contributed by atoms with van der Waals surface area (Å²) in [5.74, 6) is 0.721. The third kappa shape index (κ3) is 4.45. The molecule has 3 fully saturated rings. The van der Waals surface area contributed by atoms with E-state index in [2.05, 4.69) is 4.90 Å². The average molecular weight is 373 g/mol. The number of benzene rings is 1. The highest BCUT2D eigenvalue weighted by Gasteiger charge is 2.47. The van der Waals surface area contributed by atoms with Crippen molar-refractivity contribution < 1.29 is 14.3 Å². The molecular formula is C22H32N2O3. The summed E-state index contributed by atoms with van der Waals surface area (Å²) in [5, 5.41) is 0. The summed E-state index contributed by atoms with van der Waals surface area (Å²) in [5.41, 5.74) is 0.962. The maximum absolute atomic E-state index is 12.7. The molecule has 0 aromatic heterocycles. The lowest BCUT2D eigenvalue weighted by Crippen LogP contribution is -2.57. The van der Waals surface area contributed by atoms with Crippen molar-refractivity contribution in [3.63, 3.8) is 0 Å². The van der Waals surface area contributed by atoms with Crippen molar-refractivity contribution in [1.82, 2.24) is 9.80 Å². The number of ether oxygens (including phenoxy) is 1. The van der Waals surface area contributed by atoms with Crippen LogP contribution in [-0.2, 0) is 16.1 Å². The van der Waals surface area contributed by atoms with Crippen LogP contribution in [0.1, 0.15) is 57.9 Å². The quantitative estimate of drug-likeness (QED) is 0.781. The lowest BCUT2D eigenvalue weighted by atomic mass is 9.94. The SMILES string of the molecule is CC.O=C(OCc1ccccc1)N1CC(=O)N2[C@@H](C[C@@H]3CCCCC[C@H]32)C1. The highest BCUT2D eigenvalue weighted by Crippen LogP contribution is 2.40. The first kappa shape index (κ1) is 19.7. The number of nitrogens with zero attached hydrogens (tertiary/aromatic N) is 2. The van der Waals surface area contributed by atoms with Gasteiger partial charge in [-0.1, -0.05) is 63.4 Å². The molecule has 3 aliphatic rings. The lowest BCUT2D eigenvalue weighted by Gasteiger charge is -2.39. The summed E-state index contributed by atoms with van der Waals surface area (Å²) < 4.78 is 5.42. The summed E-state index contributed by atoms with van der Waals surface area (Å²) in [6, 6.07) is 10.2. The van der Waals surface area contributed by atoms with Crippen LogP contribution in [-0.4, -0.2) is 47.0 Å². The summed E-state index contributed by atoms with van der Waals surface area (Å²) in [6.07, 6.45) is 6.81. The third-order valence-corrected chi connectivity index (χ3v) is 5.95. The number of fused-ring (bicyclic) bond motifs is 3. The molecule has 0 N–H and O–H groups in total. The van der Waals surface area contributed by atoms with Crippen LogP contribution < -0.4 is 0 Å². The van der Waals surface area contributed by atoms with Crippen molar-refractivity contribution >= 4 is 12.0 Å². The zero-order valence-electron chi connectivity index (χ0n) is 16.6. The van der Waals surface area contributed by atoms with Crippen LogP contribution in [0, 0.1) is 5.92 Å². The Hall–Kier alpha value is -2.04. The van der Waals surface area contributed by atoms with Crippen molar-refractivity contribution in [3.8, 4) is 0 Å². The topological polar surface area (TPSA) is 49.9 Å². The zero-order valence-corrected chi connectivity index (χ0v) is 16.6. The van der Waals surface area contributed by atoms with Crippen LogP contribution in [0.5, 0.6) is 0 Å². The molecule has 1 aromatic carbocycles. The van der Waals surface area contributed by atoms with Crippen molar-refractivity contribution in [2.45, 2.75) is 71.1 Å². The molecule has 4 rings (SSSR count). The van der Waals surface area contributed by atoms with Gasteiger partial charge in [-0.2, -0.15) is 0 Å². The molecule has 0 bridgehead atoms. The third-order valence-electron chi connectivity index (χ3n) is 5.95. The minimum absolute atomic E-state index is 0.0994. The molecule has 2 heterocycles. The Labute approximate surface area is 162 Å². The monoisotopic (exact) mass is 372 g/mol. The Balaban J connectivity index is 0.00000102. The van der Waals surface area contributed by atoms with Gasteiger partial charge >= 0.3 is 6.09 Å². The summed E-state index contributed by atoms with van der Waals surface area (Å²) in [6.45, 7) is 5.03. The minimum Gasteiger partial charge on any atom is -0.445 e. The van der Waals surface area contributed by atoms with E-state index in [1.54, 1.807) is 4.90 Å². The van der Waals surface area contributed by atoms with E-state index >= 15 is 0 Å². The molecule has 1 saturated carbocycles. The van der Waals surface area contributed by atoms with Crippen LogP contribution in [0.25, 0.3) is 0 Å². The van der Waals surface area contributed by atoms with Gasteiger partial charge in [0.15, 0.2) is 0 Å². The molecule has 2 saturated heterocycles. The fourth-order valence-corrected chi connectivity index (χ4v) is 4.80. The van der Waals surface area contributed by atoms with E-state index in [-0.39, 0.29) is 31.2 Å². The number of hydrogen-bond donors (Lipinski definition) is 0. The Morgan fingerprint density at radius 2 is 1.85 bits per heavy atom. The molecule has 0 radical (unpaired) electrons. The van der Waals surface area contributed by atoms with E-state index in [1.807, 2.05) is 44.2 Å². The van der Waals surface area contributed by atoms with Gasteiger partial charge in [0.05, 0.1) is 6.04 Å². The van der Waals surface area contributed by atoms with Crippen LogP contribution in [0.4, 0.5) is 4.79 Å². The standard InChI is InChI=1S/C20H26N2O3.C2H6/c23-19-13-21(20(24)25-14-15-7-3-1-4-8-15)12-17-11-16-9-5-2-6-10-18(16)22(17)19;1-2/h1,3-4,7-8,16-18H,2,5-6,9-14H2;1-2H3/t16-,17-,18+;/m0./s1. The minimum atomic E-state index is -0.371. The zero-order chi connectivity index (χ0) is 19.2. The van der Waals surface area contributed by atoms with Crippen molar-refractivity contribution in [2.24, 2.45) is 5.92 Å². The van der Waals surface area contributed by atoms with Gasteiger partial charge in [-0.15, -0.1) is 0 Å². The maximum atomic E-state index is 12.7. The lowest BCUT2D eigenvalue weighted by molar-refractivity contribution is -0.139. The Morgan fingerprint density at radius 3 is 2.63 bits per heavy atom. The number of amides is 2. The number of carbonyl (C=O) groups excluding carboxylic acids is 2. The Kier molecular flexibility index (Phi) is 6.75. The molecule has 0 spiro atoms. The van der Waals surface area contributed by atoms with Gasteiger partial charge in [-0.25, -0.2) is 4.79 Å². The van der Waals surface area contributed by atoms with Gasteiger partial charge in [0.1, 0.15) is 13.2 Å². The van der Waals surface area contributed by atoms with Crippen molar-refractivity contribution in [2.75, 3.05) is 13.1 Å². The maximum Gasteiger partial charge on any atom is 0.410 e. The second-order valence-corrected chi connectivity index (χ2v) is 7.58. The molecule has 0 unspecified atom stereocenters. The van der Waals surface area contributed by atoms with Gasteiger partial charge < -0.3 is 9.64 Å². The molecule has 2 aliphatic heterocycles. The van der Waals surface area contributed by atoms with E-state index < -0.39 is 0 Å². The molecule has 1 aliphatic carbocycles. The highest BCUT2D eigenvalue weighted by molar-refractivity contribution is 5.84. The van der Waals surface area contributed by atoms with Crippen LogP contribution in [0.3, 0.4) is 0 Å². The number of hydrogen-bond acceptors (Lipinski definition) is 3. The predicted molar refractivity (Wildman–Crippen MR) is 105 cm³/mol. The molecular weight excluding hydrogens is 340 g/mol. The molecule has 148 valence electrons.